The summed E-state index contributed by atoms with van der Waals surface area (Å²) >= 11 is 0. The summed E-state index contributed by atoms with van der Waals surface area (Å²) in [5.74, 6) is -1.01. The standard InChI is InChI=1S/C14H10N4O4/c15-8-10-3-5-11(6-4-10)17-13(19)9-22-12-2-1-7-16-14(12)18(20)21/h1-7H,9H2,(H,17,19). The Hall–Kier alpha value is -3.47. The summed E-state index contributed by atoms with van der Waals surface area (Å²) in [6, 6.07) is 11.1. The molecule has 0 bridgehead atoms. The Labute approximate surface area is 125 Å². The van der Waals surface area contributed by atoms with Crippen molar-refractivity contribution in [3.8, 4) is 11.8 Å². The van der Waals surface area contributed by atoms with Crippen LogP contribution in [0.3, 0.4) is 0 Å². The number of hydrogen-bond acceptors (Lipinski definition) is 6. The average Bonchev–Trinajstić information content (AvgIpc) is 2.54. The van der Waals surface area contributed by atoms with Crippen molar-refractivity contribution in [1.29, 1.82) is 5.26 Å². The van der Waals surface area contributed by atoms with Crippen LogP contribution in [0.4, 0.5) is 11.5 Å². The van der Waals surface area contributed by atoms with Gasteiger partial charge in [-0.15, -0.1) is 0 Å². The van der Waals surface area contributed by atoms with E-state index in [1.807, 2.05) is 6.07 Å². The maximum absolute atomic E-state index is 11.7. The summed E-state index contributed by atoms with van der Waals surface area (Å²) in [5, 5.41) is 22.0. The highest BCUT2D eigenvalue weighted by atomic mass is 16.6. The fourth-order valence-electron chi connectivity index (χ4n) is 1.60. The predicted molar refractivity (Wildman–Crippen MR) is 76.2 cm³/mol. The number of benzene rings is 1. The molecule has 8 nitrogen and oxygen atoms in total. The van der Waals surface area contributed by atoms with Crippen LogP contribution in [0.1, 0.15) is 5.56 Å². The molecule has 2 rings (SSSR count). The number of rotatable bonds is 5. The highest BCUT2D eigenvalue weighted by molar-refractivity contribution is 5.91. The van der Waals surface area contributed by atoms with Gasteiger partial charge in [0.15, 0.2) is 6.61 Å². The highest BCUT2D eigenvalue weighted by Gasteiger charge is 2.16. The van der Waals surface area contributed by atoms with Gasteiger partial charge in [-0.25, -0.2) is 0 Å². The number of amides is 1. The number of pyridine rings is 1. The lowest BCUT2D eigenvalue weighted by atomic mass is 10.2. The second-order valence-electron chi connectivity index (χ2n) is 4.11. The molecule has 1 heterocycles. The van der Waals surface area contributed by atoms with Crippen LogP contribution in [0.2, 0.25) is 0 Å². The van der Waals surface area contributed by atoms with Gasteiger partial charge in [0.1, 0.15) is 6.20 Å². The molecule has 1 aromatic heterocycles. The molecule has 0 unspecified atom stereocenters. The van der Waals surface area contributed by atoms with Gasteiger partial charge in [0, 0.05) is 5.69 Å². The van der Waals surface area contributed by atoms with Crippen LogP contribution in [0, 0.1) is 21.4 Å². The predicted octanol–water partition coefficient (Wildman–Crippen LogP) is 1.88. The van der Waals surface area contributed by atoms with E-state index in [0.29, 0.717) is 11.3 Å². The first kappa shape index (κ1) is 14.9. The van der Waals surface area contributed by atoms with Crippen molar-refractivity contribution in [2.24, 2.45) is 0 Å². The third-order valence-corrected chi connectivity index (χ3v) is 2.58. The van der Waals surface area contributed by atoms with Gasteiger partial charge < -0.3 is 20.2 Å². The molecule has 0 spiro atoms. The fourth-order valence-corrected chi connectivity index (χ4v) is 1.60. The molecule has 110 valence electrons. The first-order valence-electron chi connectivity index (χ1n) is 6.12. The minimum Gasteiger partial charge on any atom is -0.476 e. The Bertz CT molecular complexity index is 737. The van der Waals surface area contributed by atoms with Crippen LogP contribution < -0.4 is 10.1 Å². The molecule has 1 N–H and O–H groups in total. The van der Waals surface area contributed by atoms with Crippen LogP contribution >= 0.6 is 0 Å². The van der Waals surface area contributed by atoms with E-state index >= 15 is 0 Å². The molecule has 0 fully saturated rings. The first-order valence-corrected chi connectivity index (χ1v) is 6.12. The molecule has 0 aliphatic heterocycles. The normalized spacial score (nSPS) is 9.59. The molecule has 22 heavy (non-hydrogen) atoms. The van der Waals surface area contributed by atoms with Crippen LogP contribution in [0.25, 0.3) is 0 Å². The minimum atomic E-state index is -0.687. The zero-order chi connectivity index (χ0) is 15.9. The summed E-state index contributed by atoms with van der Waals surface area (Å²) < 4.78 is 5.11. The zero-order valence-electron chi connectivity index (χ0n) is 11.2. The zero-order valence-corrected chi connectivity index (χ0v) is 11.2. The highest BCUT2D eigenvalue weighted by Crippen LogP contribution is 2.22. The largest absolute Gasteiger partial charge is 0.476 e. The van der Waals surface area contributed by atoms with Gasteiger partial charge in [0.2, 0.25) is 5.75 Å². The summed E-state index contributed by atoms with van der Waals surface area (Å²) in [6.45, 7) is -0.396. The monoisotopic (exact) mass is 298 g/mol. The molecule has 0 saturated carbocycles. The van der Waals surface area contributed by atoms with Crippen molar-refractivity contribution < 1.29 is 14.5 Å². The van der Waals surface area contributed by atoms with Crippen LogP contribution in [-0.4, -0.2) is 22.4 Å². The van der Waals surface area contributed by atoms with Crippen molar-refractivity contribution in [2.45, 2.75) is 0 Å². The number of carbonyl (C=O) groups is 1. The maximum Gasteiger partial charge on any atom is 0.406 e. The van der Waals surface area contributed by atoms with Gasteiger partial charge in [0.05, 0.1) is 11.6 Å². The van der Waals surface area contributed by atoms with Gasteiger partial charge in [-0.2, -0.15) is 5.26 Å². The van der Waals surface area contributed by atoms with E-state index in [9.17, 15) is 14.9 Å². The molecule has 0 radical (unpaired) electrons. The number of ether oxygens (including phenoxy) is 1. The smallest absolute Gasteiger partial charge is 0.406 e. The number of nitrogens with zero attached hydrogens (tertiary/aromatic N) is 3. The Morgan fingerprint density at radius 2 is 2.09 bits per heavy atom. The fraction of sp³-hybridized carbons (Fsp3) is 0.0714. The second kappa shape index (κ2) is 6.81. The van der Waals surface area contributed by atoms with E-state index in [1.54, 1.807) is 24.3 Å². The quantitative estimate of drug-likeness (QED) is 0.665. The van der Waals surface area contributed by atoms with Crippen LogP contribution in [0.5, 0.6) is 5.75 Å². The average molecular weight is 298 g/mol. The Morgan fingerprint density at radius 3 is 2.73 bits per heavy atom. The van der Waals surface area contributed by atoms with Crippen molar-refractivity contribution in [2.75, 3.05) is 11.9 Å². The van der Waals surface area contributed by atoms with Gasteiger partial charge >= 0.3 is 5.82 Å². The van der Waals surface area contributed by atoms with Gasteiger partial charge in [0.25, 0.3) is 5.91 Å². The van der Waals surface area contributed by atoms with Crippen LogP contribution in [0.15, 0.2) is 42.6 Å². The van der Waals surface area contributed by atoms with E-state index in [-0.39, 0.29) is 5.75 Å². The van der Waals surface area contributed by atoms with E-state index in [1.165, 1.54) is 18.3 Å². The molecule has 0 atom stereocenters. The van der Waals surface area contributed by atoms with Crippen molar-refractivity contribution in [3.63, 3.8) is 0 Å². The SMILES string of the molecule is N#Cc1ccc(NC(=O)COc2cccnc2[N+](=O)[O-])cc1. The number of hydrogen-bond donors (Lipinski definition) is 1. The van der Waals surface area contributed by atoms with Gasteiger partial charge in [-0.3, -0.25) is 4.79 Å². The summed E-state index contributed by atoms with van der Waals surface area (Å²) in [4.78, 5) is 25.4. The van der Waals surface area contributed by atoms with Crippen molar-refractivity contribution in [3.05, 3.63) is 58.3 Å². The molecular formula is C14H10N4O4. The third kappa shape index (κ3) is 3.77. The van der Waals surface area contributed by atoms with E-state index in [0.717, 1.165) is 0 Å². The molecule has 0 aliphatic carbocycles. The summed E-state index contributed by atoms with van der Waals surface area (Å²) in [7, 11) is 0. The number of nitro groups is 1. The van der Waals surface area contributed by atoms with Gasteiger partial charge in [-0.05, 0) is 46.3 Å². The van der Waals surface area contributed by atoms with E-state index < -0.39 is 23.3 Å². The topological polar surface area (TPSA) is 118 Å². The number of anilines is 1. The lowest BCUT2D eigenvalue weighted by Gasteiger charge is -2.07. The Morgan fingerprint density at radius 1 is 1.36 bits per heavy atom. The molecule has 2 aromatic rings. The third-order valence-electron chi connectivity index (χ3n) is 2.58. The summed E-state index contributed by atoms with van der Waals surface area (Å²) in [6.07, 6.45) is 1.27. The van der Waals surface area contributed by atoms with E-state index in [2.05, 4.69) is 10.3 Å². The molecule has 0 saturated heterocycles. The van der Waals surface area contributed by atoms with E-state index in [4.69, 9.17) is 10.00 Å². The van der Waals surface area contributed by atoms with Crippen molar-refractivity contribution >= 4 is 17.4 Å². The summed E-state index contributed by atoms with van der Waals surface area (Å²) in [5.41, 5.74) is 0.966. The number of nitriles is 1. The molecule has 1 amide bonds. The molecule has 8 heteroatoms. The molecule has 0 aliphatic rings. The number of carbonyl (C=O) groups excluding carboxylic acids is 1. The molecule has 1 aromatic carbocycles. The minimum absolute atomic E-state index is 0.0810. The molecular weight excluding hydrogens is 288 g/mol. The lowest BCUT2D eigenvalue weighted by molar-refractivity contribution is -0.390. The van der Waals surface area contributed by atoms with Crippen LogP contribution in [-0.2, 0) is 4.79 Å². The lowest BCUT2D eigenvalue weighted by Crippen LogP contribution is -2.20. The first-order chi connectivity index (χ1) is 10.6. The Balaban J connectivity index is 1.95. The van der Waals surface area contributed by atoms with Gasteiger partial charge in [-0.1, -0.05) is 0 Å². The maximum atomic E-state index is 11.7. The second-order valence-corrected chi connectivity index (χ2v) is 4.11. The number of nitrogens with one attached hydrogen (secondary N) is 1. The Kier molecular flexibility index (Phi) is 4.62. The number of aromatic nitrogens is 1. The van der Waals surface area contributed by atoms with Crippen molar-refractivity contribution in [1.82, 2.24) is 4.98 Å².